The Morgan fingerprint density at radius 2 is 2.00 bits per heavy atom. The molecule has 0 bridgehead atoms. The Kier molecular flexibility index (Phi) is 5.99. The SMILES string of the molecule is COc1cc(/C=[NH+]\N=C(N)N)cc(Br)c1OCc1ccccc1. The molecular weight excluding hydrogens is 360 g/mol. The van der Waals surface area contributed by atoms with E-state index >= 15 is 0 Å². The van der Waals surface area contributed by atoms with Crippen molar-refractivity contribution in [3.8, 4) is 11.5 Å². The van der Waals surface area contributed by atoms with Crippen molar-refractivity contribution in [2.24, 2.45) is 16.6 Å². The van der Waals surface area contributed by atoms with Crippen LogP contribution in [-0.2, 0) is 6.61 Å². The van der Waals surface area contributed by atoms with Crippen molar-refractivity contribution in [2.45, 2.75) is 6.61 Å². The van der Waals surface area contributed by atoms with Gasteiger partial charge < -0.3 is 20.9 Å². The van der Waals surface area contributed by atoms with Crippen LogP contribution in [0.5, 0.6) is 11.5 Å². The van der Waals surface area contributed by atoms with E-state index in [1.807, 2.05) is 42.5 Å². The van der Waals surface area contributed by atoms with Crippen molar-refractivity contribution in [3.05, 3.63) is 58.1 Å². The molecule has 7 heteroatoms. The molecule has 0 spiro atoms. The number of rotatable bonds is 6. The summed E-state index contributed by atoms with van der Waals surface area (Å²) in [5.74, 6) is 1.19. The maximum Gasteiger partial charge on any atom is 0.256 e. The molecule has 5 N–H and O–H groups in total. The molecule has 2 aromatic rings. The summed E-state index contributed by atoms with van der Waals surface area (Å²) in [6.45, 7) is 0.450. The zero-order valence-electron chi connectivity index (χ0n) is 12.6. The van der Waals surface area contributed by atoms with E-state index in [0.29, 0.717) is 18.1 Å². The Balaban J connectivity index is 2.20. The third-order valence-corrected chi connectivity index (χ3v) is 3.49. The van der Waals surface area contributed by atoms with E-state index in [1.54, 1.807) is 13.3 Å². The lowest BCUT2D eigenvalue weighted by atomic mass is 10.2. The van der Waals surface area contributed by atoms with E-state index < -0.39 is 0 Å². The van der Waals surface area contributed by atoms with Crippen LogP contribution in [0, 0.1) is 0 Å². The Morgan fingerprint density at radius 1 is 1.26 bits per heavy atom. The Hall–Kier alpha value is -2.54. The van der Waals surface area contributed by atoms with Crippen molar-refractivity contribution < 1.29 is 14.6 Å². The molecule has 0 aliphatic rings. The second-order valence-corrected chi connectivity index (χ2v) is 5.47. The fourth-order valence-corrected chi connectivity index (χ4v) is 2.45. The number of nitrogens with zero attached hydrogens (tertiary/aromatic N) is 1. The summed E-state index contributed by atoms with van der Waals surface area (Å²) in [6, 6.07) is 13.6. The molecule has 0 radical (unpaired) electrons. The Bertz CT molecular complexity index is 714. The van der Waals surface area contributed by atoms with Gasteiger partial charge >= 0.3 is 0 Å². The molecule has 0 aromatic heterocycles. The maximum absolute atomic E-state index is 5.87. The minimum absolute atomic E-state index is 0.0462. The van der Waals surface area contributed by atoms with Crippen LogP contribution in [0.2, 0.25) is 0 Å². The molecule has 6 nitrogen and oxygen atoms in total. The summed E-state index contributed by atoms with van der Waals surface area (Å²) < 4.78 is 12.0. The number of nitrogens with one attached hydrogen (secondary N) is 1. The van der Waals surface area contributed by atoms with E-state index in [0.717, 1.165) is 15.6 Å². The van der Waals surface area contributed by atoms with Gasteiger partial charge in [-0.25, -0.2) is 0 Å². The summed E-state index contributed by atoms with van der Waals surface area (Å²) in [4.78, 5) is 0. The van der Waals surface area contributed by atoms with Crippen LogP contribution in [-0.4, -0.2) is 19.3 Å². The second kappa shape index (κ2) is 8.19. The van der Waals surface area contributed by atoms with E-state index in [1.165, 1.54) is 0 Å². The standard InChI is InChI=1S/C16H17BrN4O2/c1-22-14-8-12(9-20-21-16(18)19)7-13(17)15(14)23-10-11-5-3-2-4-6-11/h2-9H,10H2,1H3,(H4,18,19,21)/p+1/b20-9-. The van der Waals surface area contributed by atoms with Gasteiger partial charge in [0.1, 0.15) is 6.61 Å². The summed E-state index contributed by atoms with van der Waals surface area (Å²) in [7, 11) is 1.59. The predicted molar refractivity (Wildman–Crippen MR) is 93.4 cm³/mol. The molecule has 120 valence electrons. The normalized spacial score (nSPS) is 10.5. The highest BCUT2D eigenvalue weighted by atomic mass is 79.9. The minimum Gasteiger partial charge on any atom is -0.493 e. The Labute approximate surface area is 142 Å². The lowest BCUT2D eigenvalue weighted by molar-refractivity contribution is -0.456. The highest BCUT2D eigenvalue weighted by molar-refractivity contribution is 9.10. The highest BCUT2D eigenvalue weighted by Crippen LogP contribution is 2.36. The largest absolute Gasteiger partial charge is 0.493 e. The van der Waals surface area contributed by atoms with Gasteiger partial charge in [0.25, 0.3) is 5.96 Å². The van der Waals surface area contributed by atoms with Crippen molar-refractivity contribution in [1.29, 1.82) is 0 Å². The smallest absolute Gasteiger partial charge is 0.256 e. The second-order valence-electron chi connectivity index (χ2n) is 4.62. The topological polar surface area (TPSA) is 96.8 Å². The summed E-state index contributed by atoms with van der Waals surface area (Å²) in [5.41, 5.74) is 12.4. The molecular formula is C16H18BrN4O2+. The lowest BCUT2D eigenvalue weighted by Gasteiger charge is -2.13. The van der Waals surface area contributed by atoms with E-state index in [4.69, 9.17) is 20.9 Å². The van der Waals surface area contributed by atoms with Crippen molar-refractivity contribution in [3.63, 3.8) is 0 Å². The van der Waals surface area contributed by atoms with Crippen LogP contribution in [0.15, 0.2) is 52.0 Å². The molecule has 2 rings (SSSR count). The quantitative estimate of drug-likeness (QED) is 0.392. The zero-order chi connectivity index (χ0) is 16.7. The minimum atomic E-state index is -0.0462. The van der Waals surface area contributed by atoms with Crippen molar-refractivity contribution in [1.82, 2.24) is 0 Å². The molecule has 0 atom stereocenters. The number of hydrogen-bond acceptors (Lipinski definition) is 3. The lowest BCUT2D eigenvalue weighted by Crippen LogP contribution is -2.63. The first-order chi connectivity index (χ1) is 11.1. The molecule has 0 aliphatic heterocycles. The van der Waals surface area contributed by atoms with Crippen molar-refractivity contribution >= 4 is 28.1 Å². The number of ether oxygens (including phenoxy) is 2. The third-order valence-electron chi connectivity index (χ3n) is 2.90. The number of hydrogen-bond donors (Lipinski definition) is 3. The molecule has 0 unspecified atom stereocenters. The highest BCUT2D eigenvalue weighted by Gasteiger charge is 2.12. The number of nitrogens with two attached hydrogens (primary N) is 2. The van der Waals surface area contributed by atoms with Gasteiger partial charge in [0.2, 0.25) is 6.21 Å². The molecule has 0 saturated heterocycles. The Morgan fingerprint density at radius 3 is 2.65 bits per heavy atom. The van der Waals surface area contributed by atoms with Crippen LogP contribution in [0.1, 0.15) is 11.1 Å². The van der Waals surface area contributed by atoms with Gasteiger partial charge in [-0.15, -0.1) is 5.10 Å². The van der Waals surface area contributed by atoms with E-state index in [2.05, 4.69) is 26.1 Å². The first-order valence-corrected chi connectivity index (χ1v) is 7.61. The van der Waals surface area contributed by atoms with Gasteiger partial charge in [0, 0.05) is 10.7 Å². The van der Waals surface area contributed by atoms with Crippen LogP contribution in [0.4, 0.5) is 0 Å². The monoisotopic (exact) mass is 377 g/mol. The first kappa shape index (κ1) is 16.8. The van der Waals surface area contributed by atoms with Gasteiger partial charge in [-0.3, -0.25) is 0 Å². The van der Waals surface area contributed by atoms with Crippen molar-refractivity contribution in [2.75, 3.05) is 7.11 Å². The third kappa shape index (κ3) is 5.00. The molecule has 23 heavy (non-hydrogen) atoms. The number of benzene rings is 2. The number of guanidine groups is 1. The molecule has 0 heterocycles. The average Bonchev–Trinajstić information content (AvgIpc) is 2.54. The fraction of sp³-hybridized carbons (Fsp3) is 0.125. The van der Waals surface area contributed by atoms with Gasteiger partial charge in [-0.2, -0.15) is 0 Å². The molecule has 0 saturated carbocycles. The predicted octanol–water partition coefficient (Wildman–Crippen LogP) is 0.725. The summed E-state index contributed by atoms with van der Waals surface area (Å²) >= 11 is 3.50. The number of hydrazone groups is 1. The average molecular weight is 378 g/mol. The summed E-state index contributed by atoms with van der Waals surface area (Å²) in [6.07, 6.45) is 1.65. The van der Waals surface area contributed by atoms with Gasteiger partial charge in [0.05, 0.1) is 11.6 Å². The molecule has 0 aliphatic carbocycles. The van der Waals surface area contributed by atoms with Crippen LogP contribution in [0.3, 0.4) is 0 Å². The van der Waals surface area contributed by atoms with Crippen LogP contribution < -0.4 is 26.0 Å². The van der Waals surface area contributed by atoms with E-state index in [9.17, 15) is 0 Å². The van der Waals surface area contributed by atoms with Gasteiger partial charge in [-0.05, 0) is 33.6 Å². The molecule has 2 aromatic carbocycles. The maximum atomic E-state index is 5.87. The number of halogens is 1. The van der Waals surface area contributed by atoms with Crippen LogP contribution in [0.25, 0.3) is 0 Å². The van der Waals surface area contributed by atoms with Gasteiger partial charge in [0.15, 0.2) is 11.5 Å². The fourth-order valence-electron chi connectivity index (χ4n) is 1.87. The summed E-state index contributed by atoms with van der Waals surface area (Å²) in [5, 5.41) is 6.34. The first-order valence-electron chi connectivity index (χ1n) is 6.82. The van der Waals surface area contributed by atoms with Gasteiger partial charge in [-0.1, -0.05) is 30.3 Å². The molecule has 0 fully saturated rings. The number of methoxy groups -OCH3 is 1. The van der Waals surface area contributed by atoms with Crippen LogP contribution >= 0.6 is 15.9 Å². The van der Waals surface area contributed by atoms with E-state index in [-0.39, 0.29) is 5.96 Å². The molecule has 0 amide bonds. The zero-order valence-corrected chi connectivity index (χ0v) is 14.2.